The lowest BCUT2D eigenvalue weighted by Gasteiger charge is -2.37. The fourth-order valence-corrected chi connectivity index (χ4v) is 4.25. The average Bonchev–Trinajstić information content (AvgIpc) is 3.29. The number of benzene rings is 2. The van der Waals surface area contributed by atoms with Gasteiger partial charge in [0.15, 0.2) is 0 Å². The van der Waals surface area contributed by atoms with Crippen LogP contribution >= 0.6 is 0 Å². The van der Waals surface area contributed by atoms with E-state index in [2.05, 4.69) is 10.2 Å². The number of nitrogens with one attached hydrogen (secondary N) is 1. The molecule has 0 radical (unpaired) electrons. The van der Waals surface area contributed by atoms with Gasteiger partial charge < -0.3 is 9.73 Å². The van der Waals surface area contributed by atoms with Crippen LogP contribution in [0.25, 0.3) is 0 Å². The summed E-state index contributed by atoms with van der Waals surface area (Å²) in [5.41, 5.74) is 2.63. The molecular weight excluding hydrogens is 398 g/mol. The van der Waals surface area contributed by atoms with Gasteiger partial charge in [0.25, 0.3) is 0 Å². The van der Waals surface area contributed by atoms with E-state index in [9.17, 15) is 13.6 Å². The Morgan fingerprint density at radius 3 is 2.65 bits per heavy atom. The van der Waals surface area contributed by atoms with E-state index < -0.39 is 0 Å². The lowest BCUT2D eigenvalue weighted by molar-refractivity contribution is -0.127. The van der Waals surface area contributed by atoms with Crippen LogP contribution in [0.3, 0.4) is 0 Å². The van der Waals surface area contributed by atoms with Crippen molar-refractivity contribution in [1.82, 2.24) is 10.2 Å². The highest BCUT2D eigenvalue weighted by atomic mass is 19.1. The van der Waals surface area contributed by atoms with Crippen LogP contribution in [0.15, 0.2) is 65.3 Å². The third-order valence-electron chi connectivity index (χ3n) is 5.89. The SMILES string of the molecule is Cc1cc([C@@H]2C[C@H](C(=O)NCc3ccco3)CN(Cc3ccc(F)cc3)C2)ccc1F. The predicted molar refractivity (Wildman–Crippen MR) is 114 cm³/mol. The Kier molecular flexibility index (Phi) is 6.47. The molecule has 0 bridgehead atoms. The van der Waals surface area contributed by atoms with E-state index in [0.29, 0.717) is 37.4 Å². The highest BCUT2D eigenvalue weighted by Crippen LogP contribution is 2.32. The molecule has 1 saturated heterocycles. The minimum atomic E-state index is -0.266. The van der Waals surface area contributed by atoms with Crippen molar-refractivity contribution in [3.8, 4) is 0 Å². The number of hydrogen-bond donors (Lipinski definition) is 1. The first kappa shape index (κ1) is 21.2. The van der Waals surface area contributed by atoms with Crippen molar-refractivity contribution in [3.63, 3.8) is 0 Å². The number of amides is 1. The Bertz CT molecular complexity index is 1020. The van der Waals surface area contributed by atoms with Gasteiger partial charge in [-0.1, -0.05) is 24.3 Å². The summed E-state index contributed by atoms with van der Waals surface area (Å²) in [4.78, 5) is 15.2. The Morgan fingerprint density at radius 2 is 1.94 bits per heavy atom. The molecule has 31 heavy (non-hydrogen) atoms. The number of piperidine rings is 1. The summed E-state index contributed by atoms with van der Waals surface area (Å²) in [6.07, 6.45) is 2.27. The molecule has 0 spiro atoms. The second-order valence-electron chi connectivity index (χ2n) is 8.26. The topological polar surface area (TPSA) is 45.5 Å². The van der Waals surface area contributed by atoms with Crippen molar-refractivity contribution >= 4 is 5.91 Å². The Morgan fingerprint density at radius 1 is 1.13 bits per heavy atom. The molecule has 0 aliphatic carbocycles. The van der Waals surface area contributed by atoms with Crippen molar-refractivity contribution in [2.75, 3.05) is 13.1 Å². The molecule has 0 saturated carbocycles. The van der Waals surface area contributed by atoms with Gasteiger partial charge in [0.1, 0.15) is 17.4 Å². The smallest absolute Gasteiger partial charge is 0.224 e. The maximum atomic E-state index is 13.8. The van der Waals surface area contributed by atoms with E-state index in [1.807, 2.05) is 18.2 Å². The molecule has 1 fully saturated rings. The number of nitrogens with zero attached hydrogens (tertiary/aromatic N) is 1. The first-order chi connectivity index (χ1) is 15.0. The molecule has 1 aliphatic heterocycles. The second-order valence-corrected chi connectivity index (χ2v) is 8.26. The lowest BCUT2D eigenvalue weighted by Crippen LogP contribution is -2.45. The molecule has 3 aromatic rings. The maximum absolute atomic E-state index is 13.8. The van der Waals surface area contributed by atoms with E-state index in [-0.39, 0.29) is 29.4 Å². The standard InChI is InChI=1S/C25H26F2N2O2/c1-17-11-19(6-9-24(17)27)20-12-21(25(30)28-13-23-3-2-10-31-23)16-29(15-20)14-18-4-7-22(26)8-5-18/h2-11,20-21H,12-16H2,1H3,(H,28,30)/t20-,21+/m1/s1. The van der Waals surface area contributed by atoms with Gasteiger partial charge in [0.2, 0.25) is 5.91 Å². The van der Waals surface area contributed by atoms with Crippen LogP contribution in [-0.2, 0) is 17.9 Å². The number of likely N-dealkylation sites (tertiary alicyclic amines) is 1. The summed E-state index contributed by atoms with van der Waals surface area (Å²) >= 11 is 0. The van der Waals surface area contributed by atoms with Crippen LogP contribution in [0.2, 0.25) is 0 Å². The van der Waals surface area contributed by atoms with Crippen LogP contribution < -0.4 is 5.32 Å². The largest absolute Gasteiger partial charge is 0.467 e. The monoisotopic (exact) mass is 424 g/mol. The number of rotatable bonds is 6. The molecule has 1 aliphatic rings. The highest BCUT2D eigenvalue weighted by Gasteiger charge is 2.32. The van der Waals surface area contributed by atoms with Gasteiger partial charge in [0.05, 0.1) is 18.7 Å². The number of halogens is 2. The van der Waals surface area contributed by atoms with E-state index in [1.54, 1.807) is 31.4 Å². The molecule has 1 aromatic heterocycles. The summed E-state index contributed by atoms with van der Waals surface area (Å²) in [5.74, 6) is 0.0853. The third-order valence-corrected chi connectivity index (χ3v) is 5.89. The van der Waals surface area contributed by atoms with Gasteiger partial charge in [0, 0.05) is 19.6 Å². The summed E-state index contributed by atoms with van der Waals surface area (Å²) in [6, 6.07) is 15.2. The lowest BCUT2D eigenvalue weighted by atomic mass is 9.83. The van der Waals surface area contributed by atoms with Gasteiger partial charge in [-0.05, 0) is 66.3 Å². The first-order valence-electron chi connectivity index (χ1n) is 10.5. The fourth-order valence-electron chi connectivity index (χ4n) is 4.25. The third kappa shape index (κ3) is 5.39. The van der Waals surface area contributed by atoms with Crippen molar-refractivity contribution < 1.29 is 18.0 Å². The van der Waals surface area contributed by atoms with E-state index in [4.69, 9.17) is 4.42 Å². The second kappa shape index (κ2) is 9.43. The average molecular weight is 424 g/mol. The maximum Gasteiger partial charge on any atom is 0.224 e. The number of carbonyl (C=O) groups excluding carboxylic acids is 1. The Balaban J connectivity index is 1.51. The van der Waals surface area contributed by atoms with Crippen molar-refractivity contribution in [2.24, 2.45) is 5.92 Å². The summed E-state index contributed by atoms with van der Waals surface area (Å²) in [5, 5.41) is 2.97. The quantitative estimate of drug-likeness (QED) is 0.619. The molecule has 2 heterocycles. The summed E-state index contributed by atoms with van der Waals surface area (Å²) < 4.78 is 32.4. The molecule has 4 rings (SSSR count). The van der Waals surface area contributed by atoms with E-state index in [0.717, 1.165) is 17.7 Å². The molecule has 6 heteroatoms. The minimum absolute atomic E-state index is 0.0240. The van der Waals surface area contributed by atoms with Crippen LogP contribution in [0.1, 0.15) is 34.8 Å². The molecule has 2 aromatic carbocycles. The highest BCUT2D eigenvalue weighted by molar-refractivity contribution is 5.79. The van der Waals surface area contributed by atoms with Gasteiger partial charge in [-0.2, -0.15) is 0 Å². The molecule has 1 amide bonds. The van der Waals surface area contributed by atoms with Gasteiger partial charge >= 0.3 is 0 Å². The van der Waals surface area contributed by atoms with Crippen LogP contribution in [0.5, 0.6) is 0 Å². The first-order valence-corrected chi connectivity index (χ1v) is 10.5. The molecular formula is C25H26F2N2O2. The number of aryl methyl sites for hydroxylation is 1. The van der Waals surface area contributed by atoms with Crippen LogP contribution in [0.4, 0.5) is 8.78 Å². The Hall–Kier alpha value is -2.99. The van der Waals surface area contributed by atoms with Crippen LogP contribution in [-0.4, -0.2) is 23.9 Å². The summed E-state index contributed by atoms with van der Waals surface area (Å²) in [6.45, 7) is 4.09. The van der Waals surface area contributed by atoms with Crippen molar-refractivity contribution in [2.45, 2.75) is 32.4 Å². The normalized spacial score (nSPS) is 19.3. The fraction of sp³-hybridized carbons (Fsp3) is 0.320. The Labute approximate surface area is 180 Å². The van der Waals surface area contributed by atoms with Gasteiger partial charge in [-0.3, -0.25) is 9.69 Å². The van der Waals surface area contributed by atoms with Crippen molar-refractivity contribution in [3.05, 3.63) is 94.9 Å². The van der Waals surface area contributed by atoms with Crippen LogP contribution in [0, 0.1) is 24.5 Å². The molecule has 2 atom stereocenters. The number of carbonyl (C=O) groups is 1. The molecule has 1 N–H and O–H groups in total. The zero-order valence-electron chi connectivity index (χ0n) is 17.5. The molecule has 0 unspecified atom stereocenters. The zero-order chi connectivity index (χ0) is 21.8. The predicted octanol–water partition coefficient (Wildman–Crippen LogP) is 4.79. The van der Waals surface area contributed by atoms with E-state index in [1.165, 1.54) is 18.2 Å². The zero-order valence-corrected chi connectivity index (χ0v) is 17.5. The van der Waals surface area contributed by atoms with Gasteiger partial charge in [-0.15, -0.1) is 0 Å². The van der Waals surface area contributed by atoms with Gasteiger partial charge in [-0.25, -0.2) is 8.78 Å². The molecule has 4 nitrogen and oxygen atoms in total. The number of furan rings is 1. The number of hydrogen-bond acceptors (Lipinski definition) is 3. The van der Waals surface area contributed by atoms with Crippen molar-refractivity contribution in [1.29, 1.82) is 0 Å². The molecule has 162 valence electrons. The summed E-state index contributed by atoms with van der Waals surface area (Å²) in [7, 11) is 0. The minimum Gasteiger partial charge on any atom is -0.467 e. The van der Waals surface area contributed by atoms with E-state index >= 15 is 0 Å².